The Morgan fingerprint density at radius 1 is 0.306 bits per heavy atom. The molecule has 10 rings (SSSR count). The molecular formula is C49H34. The third-order valence-electron chi connectivity index (χ3n) is 11.1. The molecule has 0 saturated carbocycles. The highest BCUT2D eigenvalue weighted by Crippen LogP contribution is 2.53. The van der Waals surface area contributed by atoms with E-state index in [1.54, 1.807) is 0 Å². The highest BCUT2D eigenvalue weighted by molar-refractivity contribution is 6.23. The minimum Gasteiger partial charge on any atom is -0.0616 e. The summed E-state index contributed by atoms with van der Waals surface area (Å²) in [6.45, 7) is 4.75. The standard InChI is InChI=1S/C49H34/c1-49(2)44-28-27-33(30-43(44)48-35-18-6-4-15-32(35)26-29-45(48)49)46-39-21-9-11-23-41(39)47(42-24-12-10-22-40(42)46)38-20-8-7-19-37(38)36-25-13-16-31-14-3-5-17-34(31)36/h3-30H,1-2H3. The van der Waals surface area contributed by atoms with Gasteiger partial charge in [-0.25, -0.2) is 0 Å². The zero-order valence-corrected chi connectivity index (χ0v) is 27.7. The molecule has 0 nitrogen and oxygen atoms in total. The van der Waals surface area contributed by atoms with E-state index in [1.165, 1.54) is 98.7 Å². The van der Waals surface area contributed by atoms with E-state index < -0.39 is 0 Å². The zero-order valence-electron chi connectivity index (χ0n) is 27.7. The van der Waals surface area contributed by atoms with E-state index >= 15 is 0 Å². The quantitative estimate of drug-likeness (QED) is 0.172. The summed E-state index contributed by atoms with van der Waals surface area (Å²) < 4.78 is 0. The maximum atomic E-state index is 2.48. The van der Waals surface area contributed by atoms with E-state index in [4.69, 9.17) is 0 Å². The second-order valence-corrected chi connectivity index (χ2v) is 14.0. The molecule has 0 heterocycles. The Hall–Kier alpha value is -5.98. The number of fused-ring (bicyclic) bond motifs is 8. The second kappa shape index (κ2) is 10.5. The molecule has 1 aliphatic carbocycles. The van der Waals surface area contributed by atoms with Gasteiger partial charge in [0, 0.05) is 5.41 Å². The van der Waals surface area contributed by atoms with Crippen molar-refractivity contribution in [3.8, 4) is 44.5 Å². The molecule has 0 aromatic heterocycles. The Kier molecular flexibility index (Phi) is 6.02. The fraction of sp³-hybridized carbons (Fsp3) is 0.0612. The van der Waals surface area contributed by atoms with E-state index in [-0.39, 0.29) is 5.41 Å². The van der Waals surface area contributed by atoms with Crippen LogP contribution in [-0.4, -0.2) is 0 Å². The summed E-state index contributed by atoms with van der Waals surface area (Å²) in [5, 5.41) is 10.3. The van der Waals surface area contributed by atoms with Crippen molar-refractivity contribution in [1.29, 1.82) is 0 Å². The summed E-state index contributed by atoms with van der Waals surface area (Å²) in [7, 11) is 0. The van der Waals surface area contributed by atoms with Gasteiger partial charge in [0.15, 0.2) is 0 Å². The first-order valence-corrected chi connectivity index (χ1v) is 17.3. The third-order valence-corrected chi connectivity index (χ3v) is 11.1. The van der Waals surface area contributed by atoms with Crippen molar-refractivity contribution in [3.05, 3.63) is 181 Å². The SMILES string of the molecule is CC1(C)c2ccc(-c3c4ccccc4c(-c4ccccc4-c4cccc5ccccc45)c4ccccc34)cc2-c2c1ccc1ccccc21. The van der Waals surface area contributed by atoms with Gasteiger partial charge >= 0.3 is 0 Å². The van der Waals surface area contributed by atoms with Gasteiger partial charge in [0.05, 0.1) is 0 Å². The molecule has 0 aliphatic heterocycles. The van der Waals surface area contributed by atoms with E-state index in [0.717, 1.165) is 0 Å². The van der Waals surface area contributed by atoms with Crippen LogP contribution >= 0.6 is 0 Å². The maximum absolute atomic E-state index is 2.48. The molecule has 0 atom stereocenters. The molecule has 0 amide bonds. The van der Waals surface area contributed by atoms with Gasteiger partial charge in [0.2, 0.25) is 0 Å². The molecule has 49 heavy (non-hydrogen) atoms. The Morgan fingerprint density at radius 3 is 1.49 bits per heavy atom. The van der Waals surface area contributed by atoms with Gasteiger partial charge in [0.1, 0.15) is 0 Å². The van der Waals surface area contributed by atoms with Crippen LogP contribution in [0.5, 0.6) is 0 Å². The molecular weight excluding hydrogens is 589 g/mol. The molecule has 0 spiro atoms. The van der Waals surface area contributed by atoms with Crippen molar-refractivity contribution in [3.63, 3.8) is 0 Å². The zero-order chi connectivity index (χ0) is 32.7. The molecule has 0 radical (unpaired) electrons. The Labute approximate surface area is 286 Å². The van der Waals surface area contributed by atoms with Gasteiger partial charge in [0.25, 0.3) is 0 Å². The second-order valence-electron chi connectivity index (χ2n) is 14.0. The third kappa shape index (κ3) is 4.04. The topological polar surface area (TPSA) is 0 Å². The first-order chi connectivity index (χ1) is 24.1. The Balaban J connectivity index is 1.27. The lowest BCUT2D eigenvalue weighted by molar-refractivity contribution is 0.661. The molecule has 0 bridgehead atoms. The minimum absolute atomic E-state index is 0.0630. The van der Waals surface area contributed by atoms with Crippen LogP contribution in [0.2, 0.25) is 0 Å². The smallest absolute Gasteiger partial charge is 0.0159 e. The number of rotatable bonds is 3. The summed E-state index contributed by atoms with van der Waals surface area (Å²) in [6.07, 6.45) is 0. The minimum atomic E-state index is -0.0630. The molecule has 0 heteroatoms. The van der Waals surface area contributed by atoms with Crippen molar-refractivity contribution in [1.82, 2.24) is 0 Å². The van der Waals surface area contributed by atoms with Gasteiger partial charge in [-0.3, -0.25) is 0 Å². The first-order valence-electron chi connectivity index (χ1n) is 17.3. The van der Waals surface area contributed by atoms with Crippen molar-refractivity contribution >= 4 is 43.1 Å². The monoisotopic (exact) mass is 622 g/mol. The molecule has 0 N–H and O–H groups in total. The van der Waals surface area contributed by atoms with Crippen molar-refractivity contribution in [2.45, 2.75) is 19.3 Å². The lowest BCUT2D eigenvalue weighted by atomic mass is 9.81. The summed E-state index contributed by atoms with van der Waals surface area (Å²) in [5.74, 6) is 0. The van der Waals surface area contributed by atoms with E-state index in [1.807, 2.05) is 0 Å². The molecule has 0 unspecified atom stereocenters. The van der Waals surface area contributed by atoms with Crippen LogP contribution in [0.3, 0.4) is 0 Å². The van der Waals surface area contributed by atoms with Gasteiger partial charge in [-0.15, -0.1) is 0 Å². The molecule has 0 fully saturated rings. The predicted molar refractivity (Wildman–Crippen MR) is 210 cm³/mol. The Bertz CT molecular complexity index is 2730. The lowest BCUT2D eigenvalue weighted by Crippen LogP contribution is -2.14. The maximum Gasteiger partial charge on any atom is 0.0159 e. The molecule has 9 aromatic carbocycles. The lowest BCUT2D eigenvalue weighted by Gasteiger charge is -2.22. The first kappa shape index (κ1) is 28.1. The van der Waals surface area contributed by atoms with Gasteiger partial charge in [-0.05, 0) is 105 Å². The van der Waals surface area contributed by atoms with Crippen LogP contribution in [-0.2, 0) is 5.41 Å². The highest BCUT2D eigenvalue weighted by Gasteiger charge is 2.36. The molecule has 1 aliphatic rings. The van der Waals surface area contributed by atoms with Crippen LogP contribution in [0.4, 0.5) is 0 Å². The molecule has 230 valence electrons. The van der Waals surface area contributed by atoms with Crippen molar-refractivity contribution in [2.75, 3.05) is 0 Å². The average molecular weight is 623 g/mol. The summed E-state index contributed by atoms with van der Waals surface area (Å²) >= 11 is 0. The average Bonchev–Trinajstić information content (AvgIpc) is 3.39. The van der Waals surface area contributed by atoms with Gasteiger partial charge in [-0.1, -0.05) is 178 Å². The number of hydrogen-bond acceptors (Lipinski definition) is 0. The molecule has 0 saturated heterocycles. The number of benzene rings is 9. The highest BCUT2D eigenvalue weighted by atomic mass is 14.4. The fourth-order valence-corrected chi connectivity index (χ4v) is 8.81. The van der Waals surface area contributed by atoms with Crippen molar-refractivity contribution in [2.24, 2.45) is 0 Å². The van der Waals surface area contributed by atoms with Crippen LogP contribution in [0.15, 0.2) is 170 Å². The van der Waals surface area contributed by atoms with Crippen LogP contribution in [0, 0.1) is 0 Å². The van der Waals surface area contributed by atoms with E-state index in [0.29, 0.717) is 0 Å². The van der Waals surface area contributed by atoms with Crippen LogP contribution in [0.1, 0.15) is 25.0 Å². The summed E-state index contributed by atoms with van der Waals surface area (Å²) in [4.78, 5) is 0. The van der Waals surface area contributed by atoms with Crippen molar-refractivity contribution < 1.29 is 0 Å². The van der Waals surface area contributed by atoms with Gasteiger partial charge < -0.3 is 0 Å². The predicted octanol–water partition coefficient (Wildman–Crippen LogP) is 13.6. The Morgan fingerprint density at radius 2 is 0.796 bits per heavy atom. The summed E-state index contributed by atoms with van der Waals surface area (Å²) in [6, 6.07) is 63.1. The largest absolute Gasteiger partial charge is 0.0616 e. The van der Waals surface area contributed by atoms with Gasteiger partial charge in [-0.2, -0.15) is 0 Å². The molecule has 9 aromatic rings. The summed E-state index contributed by atoms with van der Waals surface area (Å²) in [5.41, 5.74) is 13.1. The number of hydrogen-bond donors (Lipinski definition) is 0. The van der Waals surface area contributed by atoms with E-state index in [2.05, 4.69) is 184 Å². The fourth-order valence-electron chi connectivity index (χ4n) is 8.81. The van der Waals surface area contributed by atoms with Crippen LogP contribution < -0.4 is 0 Å². The van der Waals surface area contributed by atoms with E-state index in [9.17, 15) is 0 Å². The normalized spacial score (nSPS) is 13.3. The van der Waals surface area contributed by atoms with Crippen LogP contribution in [0.25, 0.3) is 87.6 Å².